The van der Waals surface area contributed by atoms with Crippen LogP contribution in [0.1, 0.15) is 169 Å². The third-order valence-corrected chi connectivity index (χ3v) is 9.18. The van der Waals surface area contributed by atoms with Gasteiger partial charge >= 0.3 is 11.9 Å². The molecule has 0 aromatic rings. The molecule has 3 N–H and O–H groups in total. The minimum Gasteiger partial charge on any atom is -0.480 e. The molecule has 0 saturated heterocycles. The number of hydrogen-bond donors (Lipinski definition) is 3. The lowest BCUT2D eigenvalue weighted by molar-refractivity contribution is -0.144. The topological polar surface area (TPSA) is 156 Å². The molecule has 0 saturated carbocycles. The van der Waals surface area contributed by atoms with Gasteiger partial charge in [-0.1, -0.05) is 111 Å². The van der Waals surface area contributed by atoms with E-state index in [0.717, 1.165) is 44.9 Å². The SMILES string of the molecule is CC[C@H](C)[C@H](NC(=O)[C@@H](NC(=O)CCCCCCCCCCCCCCCC(=O)CCCCC(=O)CC(=O)OC)[C@@H](C)CC)C(=O)O. The highest BCUT2D eigenvalue weighted by Gasteiger charge is 2.31. The van der Waals surface area contributed by atoms with Gasteiger partial charge in [-0.3, -0.25) is 24.0 Å². The van der Waals surface area contributed by atoms with Gasteiger partial charge in [0.25, 0.3) is 0 Å². The summed E-state index contributed by atoms with van der Waals surface area (Å²) in [4.78, 5) is 71.8. The van der Waals surface area contributed by atoms with E-state index in [1.54, 1.807) is 6.92 Å². The molecule has 10 heteroatoms. The van der Waals surface area contributed by atoms with Gasteiger partial charge in [0.05, 0.1) is 7.11 Å². The standard InChI is InChI=1S/C37H66N2O8/c1-6-28(3)34(36(44)39-35(37(45)46)29(4)7-2)38-32(42)26-20-18-16-14-12-10-8-9-11-13-15-17-19-23-30(40)24-21-22-25-31(41)27-33(43)47-5/h28-29,34-35H,6-27H2,1-5H3,(H,38,42)(H,39,44)(H,45,46)/t28-,29-,34-,35-/m0/s1. The first kappa shape index (κ1) is 44.2. The van der Waals surface area contributed by atoms with E-state index in [1.165, 1.54) is 45.6 Å². The predicted molar refractivity (Wildman–Crippen MR) is 185 cm³/mol. The Morgan fingerprint density at radius 2 is 0.936 bits per heavy atom. The van der Waals surface area contributed by atoms with Gasteiger partial charge in [0, 0.05) is 25.7 Å². The van der Waals surface area contributed by atoms with Crippen molar-refractivity contribution in [1.29, 1.82) is 0 Å². The Hall–Kier alpha value is -2.78. The number of aliphatic carboxylic acids is 1. The number of carbonyl (C=O) groups is 6. The van der Waals surface area contributed by atoms with Crippen LogP contribution in [0.15, 0.2) is 0 Å². The van der Waals surface area contributed by atoms with Gasteiger partial charge in [0.15, 0.2) is 0 Å². The summed E-state index contributed by atoms with van der Waals surface area (Å²) in [6.45, 7) is 7.52. The molecule has 4 atom stereocenters. The molecule has 0 radical (unpaired) electrons. The molecule has 0 heterocycles. The van der Waals surface area contributed by atoms with Crippen LogP contribution in [0, 0.1) is 11.8 Å². The second-order valence-electron chi connectivity index (χ2n) is 13.3. The zero-order valence-corrected chi connectivity index (χ0v) is 30.2. The minimum atomic E-state index is -1.06. The number of esters is 1. The van der Waals surface area contributed by atoms with E-state index in [4.69, 9.17) is 0 Å². The van der Waals surface area contributed by atoms with Crippen molar-refractivity contribution in [2.45, 2.75) is 181 Å². The zero-order chi connectivity index (χ0) is 35.5. The monoisotopic (exact) mass is 666 g/mol. The predicted octanol–water partition coefficient (Wildman–Crippen LogP) is 7.25. The van der Waals surface area contributed by atoms with Gasteiger partial charge in [-0.2, -0.15) is 0 Å². The van der Waals surface area contributed by atoms with Crippen LogP contribution in [0.5, 0.6) is 0 Å². The third kappa shape index (κ3) is 23.2. The Balaban J connectivity index is 3.83. The molecule has 0 unspecified atom stereocenters. The molecular formula is C37H66N2O8. The lowest BCUT2D eigenvalue weighted by Gasteiger charge is -2.27. The van der Waals surface area contributed by atoms with Crippen LogP contribution in [-0.4, -0.2) is 59.6 Å². The Morgan fingerprint density at radius 3 is 1.36 bits per heavy atom. The van der Waals surface area contributed by atoms with Crippen molar-refractivity contribution in [1.82, 2.24) is 10.6 Å². The molecule has 0 aliphatic carbocycles. The highest BCUT2D eigenvalue weighted by Crippen LogP contribution is 2.16. The van der Waals surface area contributed by atoms with Gasteiger partial charge in [-0.15, -0.1) is 0 Å². The Bertz CT molecular complexity index is 922. The number of unbranched alkanes of at least 4 members (excludes halogenated alkanes) is 13. The summed E-state index contributed by atoms with van der Waals surface area (Å²) in [5.74, 6) is -2.34. The van der Waals surface area contributed by atoms with Crippen molar-refractivity contribution in [3.63, 3.8) is 0 Å². The Labute approximate surface area is 284 Å². The first-order chi connectivity index (χ1) is 22.5. The molecule has 0 spiro atoms. The number of carboxylic acids is 1. The maximum Gasteiger partial charge on any atom is 0.326 e. The maximum absolute atomic E-state index is 12.9. The number of Topliss-reactive ketones (excluding diaryl/α,β-unsaturated/α-hetero) is 2. The average Bonchev–Trinajstić information content (AvgIpc) is 3.04. The molecular weight excluding hydrogens is 600 g/mol. The van der Waals surface area contributed by atoms with E-state index in [0.29, 0.717) is 51.4 Å². The smallest absolute Gasteiger partial charge is 0.326 e. The van der Waals surface area contributed by atoms with Crippen molar-refractivity contribution >= 4 is 35.3 Å². The van der Waals surface area contributed by atoms with Crippen molar-refractivity contribution < 1.29 is 38.6 Å². The normalized spacial score (nSPS) is 13.6. The number of ether oxygens (including phenoxy) is 1. The van der Waals surface area contributed by atoms with Gasteiger partial charge < -0.3 is 20.5 Å². The zero-order valence-electron chi connectivity index (χ0n) is 30.2. The quantitative estimate of drug-likeness (QED) is 0.0397. The highest BCUT2D eigenvalue weighted by atomic mass is 16.5. The van der Waals surface area contributed by atoms with E-state index in [1.807, 2.05) is 20.8 Å². The number of amides is 2. The Kier molecular flexibility index (Phi) is 26.6. The maximum atomic E-state index is 12.9. The molecule has 272 valence electrons. The summed E-state index contributed by atoms with van der Waals surface area (Å²) in [7, 11) is 1.27. The molecule has 0 aliphatic heterocycles. The lowest BCUT2D eigenvalue weighted by Crippen LogP contribution is -2.55. The van der Waals surface area contributed by atoms with Crippen LogP contribution >= 0.6 is 0 Å². The van der Waals surface area contributed by atoms with E-state index < -0.39 is 29.9 Å². The second kappa shape index (κ2) is 28.3. The summed E-state index contributed by atoms with van der Waals surface area (Å²) in [6.07, 6.45) is 18.8. The lowest BCUT2D eigenvalue weighted by atomic mass is 9.95. The molecule has 10 nitrogen and oxygen atoms in total. The summed E-state index contributed by atoms with van der Waals surface area (Å²) in [5.41, 5.74) is 0. The third-order valence-electron chi connectivity index (χ3n) is 9.18. The fraction of sp³-hybridized carbons (Fsp3) is 0.838. The molecule has 0 aromatic heterocycles. The van der Waals surface area contributed by atoms with Gasteiger partial charge in [0.2, 0.25) is 11.8 Å². The summed E-state index contributed by atoms with van der Waals surface area (Å²) in [5, 5.41) is 15.0. The molecule has 0 aliphatic rings. The van der Waals surface area contributed by atoms with Crippen LogP contribution in [0.2, 0.25) is 0 Å². The average molecular weight is 667 g/mol. The van der Waals surface area contributed by atoms with Crippen LogP contribution in [0.25, 0.3) is 0 Å². The van der Waals surface area contributed by atoms with E-state index in [-0.39, 0.29) is 35.7 Å². The number of methoxy groups -OCH3 is 1. The molecule has 0 aromatic carbocycles. The summed E-state index contributed by atoms with van der Waals surface area (Å²) >= 11 is 0. The number of ketones is 2. The largest absolute Gasteiger partial charge is 0.480 e. The van der Waals surface area contributed by atoms with Crippen molar-refractivity contribution in [2.75, 3.05) is 7.11 Å². The second-order valence-corrected chi connectivity index (χ2v) is 13.3. The van der Waals surface area contributed by atoms with Crippen LogP contribution in [0.3, 0.4) is 0 Å². The van der Waals surface area contributed by atoms with E-state index in [9.17, 15) is 33.9 Å². The molecule has 2 amide bonds. The van der Waals surface area contributed by atoms with Crippen molar-refractivity contribution in [3.05, 3.63) is 0 Å². The highest BCUT2D eigenvalue weighted by molar-refractivity contribution is 5.95. The van der Waals surface area contributed by atoms with Crippen LogP contribution in [-0.2, 0) is 33.5 Å². The summed E-state index contributed by atoms with van der Waals surface area (Å²) in [6, 6.07) is -1.71. The van der Waals surface area contributed by atoms with Gasteiger partial charge in [-0.05, 0) is 37.5 Å². The summed E-state index contributed by atoms with van der Waals surface area (Å²) < 4.78 is 4.48. The number of rotatable bonds is 31. The number of nitrogens with one attached hydrogen (secondary N) is 2. The number of carboxylic acid groups (broad SMARTS) is 1. The minimum absolute atomic E-state index is 0.102. The fourth-order valence-electron chi connectivity index (χ4n) is 5.52. The molecule has 0 fully saturated rings. The van der Waals surface area contributed by atoms with E-state index in [2.05, 4.69) is 15.4 Å². The fourth-order valence-corrected chi connectivity index (χ4v) is 5.52. The number of carbonyl (C=O) groups excluding carboxylic acids is 5. The van der Waals surface area contributed by atoms with Crippen molar-refractivity contribution in [3.8, 4) is 0 Å². The number of hydrogen-bond acceptors (Lipinski definition) is 7. The van der Waals surface area contributed by atoms with Gasteiger partial charge in [-0.25, -0.2) is 4.79 Å². The van der Waals surface area contributed by atoms with Crippen molar-refractivity contribution in [2.24, 2.45) is 11.8 Å². The molecule has 0 bridgehead atoms. The van der Waals surface area contributed by atoms with E-state index >= 15 is 0 Å². The van der Waals surface area contributed by atoms with Gasteiger partial charge in [0.1, 0.15) is 30.1 Å². The first-order valence-electron chi connectivity index (χ1n) is 18.4. The van der Waals surface area contributed by atoms with Crippen LogP contribution in [0.4, 0.5) is 0 Å². The van der Waals surface area contributed by atoms with Crippen LogP contribution < -0.4 is 10.6 Å². The Morgan fingerprint density at radius 1 is 0.553 bits per heavy atom. The molecule has 47 heavy (non-hydrogen) atoms. The molecule has 0 rings (SSSR count). The first-order valence-corrected chi connectivity index (χ1v) is 18.4.